The fraction of sp³-hybridized carbons (Fsp3) is 0.750. The molecule has 0 radical (unpaired) electrons. The van der Waals surface area contributed by atoms with Crippen LogP contribution in [-0.2, 0) is 6.54 Å². The third-order valence-electron chi connectivity index (χ3n) is 3.54. The minimum atomic E-state index is 0.697. The predicted octanol–water partition coefficient (Wildman–Crippen LogP) is 2.50. The standard InChI is InChI=1S/C12H19N3/c1-9(10-2-3-10)8-15-7-6-13-12(15)14-11-4-5-11/h6-7,9-11H,2-5,8H2,1H3,(H,13,14). The Morgan fingerprint density at radius 3 is 2.93 bits per heavy atom. The number of nitrogens with zero attached hydrogens (tertiary/aromatic N) is 2. The quantitative estimate of drug-likeness (QED) is 0.800. The van der Waals surface area contributed by atoms with Crippen LogP contribution in [0.2, 0.25) is 0 Å². The Hall–Kier alpha value is -0.990. The van der Waals surface area contributed by atoms with Crippen LogP contribution in [0.4, 0.5) is 5.95 Å². The highest BCUT2D eigenvalue weighted by atomic mass is 15.2. The molecule has 2 aliphatic rings. The molecule has 0 spiro atoms. The first-order valence-electron chi connectivity index (χ1n) is 6.10. The van der Waals surface area contributed by atoms with Crippen LogP contribution in [0.5, 0.6) is 0 Å². The first kappa shape index (κ1) is 9.25. The molecule has 3 rings (SSSR count). The van der Waals surface area contributed by atoms with Gasteiger partial charge in [-0.15, -0.1) is 0 Å². The molecule has 1 atom stereocenters. The van der Waals surface area contributed by atoms with E-state index in [4.69, 9.17) is 0 Å². The van der Waals surface area contributed by atoms with Crippen molar-refractivity contribution < 1.29 is 0 Å². The maximum atomic E-state index is 4.38. The minimum absolute atomic E-state index is 0.697. The minimum Gasteiger partial charge on any atom is -0.353 e. The Bertz CT molecular complexity index is 336. The summed E-state index contributed by atoms with van der Waals surface area (Å²) in [6, 6.07) is 0.697. The van der Waals surface area contributed by atoms with Crippen molar-refractivity contribution in [2.75, 3.05) is 5.32 Å². The van der Waals surface area contributed by atoms with E-state index in [0.29, 0.717) is 6.04 Å². The highest BCUT2D eigenvalue weighted by Gasteiger charge is 2.29. The van der Waals surface area contributed by atoms with Crippen molar-refractivity contribution in [2.24, 2.45) is 11.8 Å². The summed E-state index contributed by atoms with van der Waals surface area (Å²) in [6.07, 6.45) is 9.49. The molecule has 1 aromatic heterocycles. The molecule has 3 heteroatoms. The van der Waals surface area contributed by atoms with Crippen molar-refractivity contribution in [2.45, 2.75) is 45.2 Å². The average Bonchev–Trinajstić information content (AvgIpc) is 3.10. The molecule has 3 nitrogen and oxygen atoms in total. The number of anilines is 1. The third kappa shape index (κ3) is 2.16. The zero-order valence-electron chi connectivity index (χ0n) is 9.32. The topological polar surface area (TPSA) is 29.9 Å². The van der Waals surface area contributed by atoms with E-state index in [9.17, 15) is 0 Å². The normalized spacial score (nSPS) is 22.7. The first-order valence-corrected chi connectivity index (χ1v) is 6.10. The lowest BCUT2D eigenvalue weighted by Gasteiger charge is -2.14. The van der Waals surface area contributed by atoms with E-state index >= 15 is 0 Å². The van der Waals surface area contributed by atoms with E-state index in [1.807, 2.05) is 6.20 Å². The molecule has 0 saturated heterocycles. The van der Waals surface area contributed by atoms with Gasteiger partial charge in [-0.1, -0.05) is 6.92 Å². The Kier molecular flexibility index (Phi) is 2.19. The second-order valence-electron chi connectivity index (χ2n) is 5.14. The van der Waals surface area contributed by atoms with Gasteiger partial charge in [0.2, 0.25) is 5.95 Å². The van der Waals surface area contributed by atoms with Gasteiger partial charge in [-0.05, 0) is 37.5 Å². The van der Waals surface area contributed by atoms with Gasteiger partial charge < -0.3 is 9.88 Å². The Labute approximate surface area is 90.9 Å². The zero-order chi connectivity index (χ0) is 10.3. The number of hydrogen-bond donors (Lipinski definition) is 1. The maximum Gasteiger partial charge on any atom is 0.202 e. The fourth-order valence-electron chi connectivity index (χ4n) is 2.13. The molecule has 82 valence electrons. The Balaban J connectivity index is 1.64. The lowest BCUT2D eigenvalue weighted by Crippen LogP contribution is -2.13. The van der Waals surface area contributed by atoms with Gasteiger partial charge in [-0.3, -0.25) is 0 Å². The predicted molar refractivity (Wildman–Crippen MR) is 60.8 cm³/mol. The zero-order valence-corrected chi connectivity index (χ0v) is 9.32. The fourth-order valence-corrected chi connectivity index (χ4v) is 2.13. The summed E-state index contributed by atoms with van der Waals surface area (Å²) in [5.74, 6) is 2.85. The highest BCUT2D eigenvalue weighted by Crippen LogP contribution is 2.37. The largest absolute Gasteiger partial charge is 0.353 e. The molecule has 15 heavy (non-hydrogen) atoms. The van der Waals surface area contributed by atoms with Crippen molar-refractivity contribution in [3.8, 4) is 0 Å². The van der Waals surface area contributed by atoms with Gasteiger partial charge >= 0.3 is 0 Å². The number of hydrogen-bond acceptors (Lipinski definition) is 2. The van der Waals surface area contributed by atoms with Crippen LogP contribution < -0.4 is 5.32 Å². The summed E-state index contributed by atoms with van der Waals surface area (Å²) in [4.78, 5) is 4.38. The van der Waals surface area contributed by atoms with Crippen molar-refractivity contribution >= 4 is 5.95 Å². The molecular weight excluding hydrogens is 186 g/mol. The number of rotatable bonds is 5. The van der Waals surface area contributed by atoms with Crippen LogP contribution in [0.1, 0.15) is 32.6 Å². The number of aromatic nitrogens is 2. The van der Waals surface area contributed by atoms with Gasteiger partial charge in [0.1, 0.15) is 0 Å². The molecule has 0 bridgehead atoms. The molecule has 0 aliphatic heterocycles. The molecule has 0 amide bonds. The van der Waals surface area contributed by atoms with Crippen LogP contribution in [0.3, 0.4) is 0 Å². The van der Waals surface area contributed by atoms with Gasteiger partial charge in [0.05, 0.1) is 0 Å². The van der Waals surface area contributed by atoms with Crippen molar-refractivity contribution in [1.29, 1.82) is 0 Å². The second-order valence-corrected chi connectivity index (χ2v) is 5.14. The summed E-state index contributed by atoms with van der Waals surface area (Å²) in [7, 11) is 0. The average molecular weight is 205 g/mol. The Morgan fingerprint density at radius 1 is 1.47 bits per heavy atom. The van der Waals surface area contributed by atoms with Gasteiger partial charge in [0.25, 0.3) is 0 Å². The smallest absolute Gasteiger partial charge is 0.202 e. The van der Waals surface area contributed by atoms with E-state index < -0.39 is 0 Å². The third-order valence-corrected chi connectivity index (χ3v) is 3.54. The lowest BCUT2D eigenvalue weighted by atomic mass is 10.1. The number of imidazole rings is 1. The lowest BCUT2D eigenvalue weighted by molar-refractivity contribution is 0.432. The second kappa shape index (κ2) is 3.54. The Morgan fingerprint density at radius 2 is 2.27 bits per heavy atom. The van der Waals surface area contributed by atoms with Crippen LogP contribution in [0.25, 0.3) is 0 Å². The maximum absolute atomic E-state index is 4.38. The van der Waals surface area contributed by atoms with Gasteiger partial charge in [0, 0.05) is 25.0 Å². The van der Waals surface area contributed by atoms with Crippen molar-refractivity contribution in [3.63, 3.8) is 0 Å². The molecule has 2 aliphatic carbocycles. The van der Waals surface area contributed by atoms with Crippen LogP contribution in [-0.4, -0.2) is 15.6 Å². The van der Waals surface area contributed by atoms with E-state index in [1.165, 1.54) is 25.7 Å². The van der Waals surface area contributed by atoms with Crippen LogP contribution in [0, 0.1) is 11.8 Å². The summed E-state index contributed by atoms with van der Waals surface area (Å²) < 4.78 is 2.28. The van der Waals surface area contributed by atoms with E-state index in [1.54, 1.807) is 0 Å². The highest BCUT2D eigenvalue weighted by molar-refractivity contribution is 5.29. The van der Waals surface area contributed by atoms with Crippen LogP contribution >= 0.6 is 0 Å². The van der Waals surface area contributed by atoms with Gasteiger partial charge in [-0.2, -0.15) is 0 Å². The summed E-state index contributed by atoms with van der Waals surface area (Å²) in [5.41, 5.74) is 0. The first-order chi connectivity index (χ1) is 7.33. The van der Waals surface area contributed by atoms with Crippen LogP contribution in [0.15, 0.2) is 12.4 Å². The molecule has 1 aromatic rings. The van der Waals surface area contributed by atoms with E-state index in [2.05, 4.69) is 28.0 Å². The summed E-state index contributed by atoms with van der Waals surface area (Å²) in [5, 5.41) is 3.48. The molecule has 1 heterocycles. The van der Waals surface area contributed by atoms with Gasteiger partial charge in [-0.25, -0.2) is 4.98 Å². The van der Waals surface area contributed by atoms with Crippen molar-refractivity contribution in [3.05, 3.63) is 12.4 Å². The summed E-state index contributed by atoms with van der Waals surface area (Å²) >= 11 is 0. The van der Waals surface area contributed by atoms with Crippen molar-refractivity contribution in [1.82, 2.24) is 9.55 Å². The molecule has 1 N–H and O–H groups in total. The van der Waals surface area contributed by atoms with E-state index in [-0.39, 0.29) is 0 Å². The SMILES string of the molecule is CC(Cn1ccnc1NC1CC1)C1CC1. The molecular formula is C12H19N3. The number of nitrogens with one attached hydrogen (secondary N) is 1. The van der Waals surface area contributed by atoms with Gasteiger partial charge in [0.15, 0.2) is 0 Å². The van der Waals surface area contributed by atoms with E-state index in [0.717, 1.165) is 24.3 Å². The molecule has 0 aromatic carbocycles. The molecule has 2 saturated carbocycles. The molecule has 1 unspecified atom stereocenters. The molecule has 2 fully saturated rings. The monoisotopic (exact) mass is 205 g/mol. The summed E-state index contributed by atoms with van der Waals surface area (Å²) in [6.45, 7) is 3.48.